The summed E-state index contributed by atoms with van der Waals surface area (Å²) >= 11 is 0. The van der Waals surface area contributed by atoms with Crippen molar-refractivity contribution in [2.45, 2.75) is 26.6 Å². The highest BCUT2D eigenvalue weighted by atomic mass is 16.7. The average Bonchev–Trinajstić information content (AvgIpc) is 2.36. The Morgan fingerprint density at radius 3 is 2.10 bits per heavy atom. The standard InChI is InChI=1S/C16H14O5/c1-4-5-12(10-6-8-11(17)9-7-10)13-14(18)20-16(2,3)21-15(13)19/h6-9,17H,1-3H3. The normalized spacial score (nSPS) is 16.4. The minimum absolute atomic E-state index is 0.0717. The predicted molar refractivity (Wildman–Crippen MR) is 74.7 cm³/mol. The van der Waals surface area contributed by atoms with Gasteiger partial charge in [0.25, 0.3) is 5.79 Å². The summed E-state index contributed by atoms with van der Waals surface area (Å²) in [5, 5.41) is 9.32. The van der Waals surface area contributed by atoms with Gasteiger partial charge in [-0.2, -0.15) is 0 Å². The molecule has 0 saturated carbocycles. The number of rotatable bonds is 1. The van der Waals surface area contributed by atoms with Crippen LogP contribution in [0.25, 0.3) is 5.57 Å². The number of esters is 2. The molecule has 0 unspecified atom stereocenters. The molecule has 0 aromatic heterocycles. The Morgan fingerprint density at radius 2 is 1.62 bits per heavy atom. The van der Waals surface area contributed by atoms with Gasteiger partial charge in [0.1, 0.15) is 5.75 Å². The van der Waals surface area contributed by atoms with E-state index in [-0.39, 0.29) is 16.9 Å². The summed E-state index contributed by atoms with van der Waals surface area (Å²) < 4.78 is 10.1. The van der Waals surface area contributed by atoms with Crippen molar-refractivity contribution in [2.75, 3.05) is 0 Å². The molecule has 0 spiro atoms. The van der Waals surface area contributed by atoms with Crippen LogP contribution in [0.3, 0.4) is 0 Å². The van der Waals surface area contributed by atoms with Gasteiger partial charge < -0.3 is 14.6 Å². The fourth-order valence-electron chi connectivity index (χ4n) is 1.89. The van der Waals surface area contributed by atoms with Crippen LogP contribution in [-0.2, 0) is 19.1 Å². The highest BCUT2D eigenvalue weighted by Gasteiger charge is 2.40. The highest BCUT2D eigenvalue weighted by Crippen LogP contribution is 2.29. The fourth-order valence-corrected chi connectivity index (χ4v) is 1.89. The van der Waals surface area contributed by atoms with E-state index in [9.17, 15) is 14.7 Å². The second kappa shape index (κ2) is 5.33. The molecule has 21 heavy (non-hydrogen) atoms. The number of hydrogen-bond donors (Lipinski definition) is 1. The smallest absolute Gasteiger partial charge is 0.350 e. The van der Waals surface area contributed by atoms with E-state index in [1.54, 1.807) is 19.1 Å². The van der Waals surface area contributed by atoms with Gasteiger partial charge in [-0.05, 0) is 24.6 Å². The van der Waals surface area contributed by atoms with Gasteiger partial charge in [-0.25, -0.2) is 9.59 Å². The van der Waals surface area contributed by atoms with Crippen molar-refractivity contribution >= 4 is 17.5 Å². The van der Waals surface area contributed by atoms with Crippen molar-refractivity contribution in [3.8, 4) is 17.6 Å². The number of phenolic OH excluding ortho intramolecular Hbond substituents is 1. The number of allylic oxidation sites excluding steroid dienone is 1. The van der Waals surface area contributed by atoms with Crippen LogP contribution >= 0.6 is 0 Å². The number of carbonyl (C=O) groups is 2. The first-order valence-electron chi connectivity index (χ1n) is 6.27. The third-order valence-corrected chi connectivity index (χ3v) is 2.74. The van der Waals surface area contributed by atoms with Crippen LogP contribution in [-0.4, -0.2) is 22.8 Å². The van der Waals surface area contributed by atoms with Crippen molar-refractivity contribution < 1.29 is 24.2 Å². The number of benzene rings is 1. The Balaban J connectivity index is 2.59. The summed E-state index contributed by atoms with van der Waals surface area (Å²) in [5.74, 6) is 2.60. The lowest BCUT2D eigenvalue weighted by atomic mass is 9.99. The summed E-state index contributed by atoms with van der Waals surface area (Å²) in [6.07, 6.45) is 0. The molecule has 0 amide bonds. The van der Waals surface area contributed by atoms with Gasteiger partial charge in [0, 0.05) is 13.8 Å². The van der Waals surface area contributed by atoms with Crippen LogP contribution in [0, 0.1) is 11.8 Å². The number of phenols is 1. The largest absolute Gasteiger partial charge is 0.508 e. The van der Waals surface area contributed by atoms with E-state index in [4.69, 9.17) is 9.47 Å². The van der Waals surface area contributed by atoms with E-state index in [2.05, 4.69) is 11.8 Å². The van der Waals surface area contributed by atoms with Gasteiger partial charge in [0.15, 0.2) is 5.57 Å². The van der Waals surface area contributed by atoms with Crippen molar-refractivity contribution in [3.63, 3.8) is 0 Å². The summed E-state index contributed by atoms with van der Waals surface area (Å²) in [4.78, 5) is 24.2. The Kier molecular flexibility index (Phi) is 3.72. The maximum absolute atomic E-state index is 12.1. The molecular weight excluding hydrogens is 272 g/mol. The van der Waals surface area contributed by atoms with Crippen LogP contribution in [0.1, 0.15) is 26.3 Å². The first-order chi connectivity index (χ1) is 9.84. The third kappa shape index (κ3) is 3.06. The Labute approximate surface area is 122 Å². The molecular formula is C16H14O5. The minimum Gasteiger partial charge on any atom is -0.508 e. The maximum atomic E-state index is 12.1. The number of carbonyl (C=O) groups excluding carboxylic acids is 2. The van der Waals surface area contributed by atoms with Crippen LogP contribution in [0.2, 0.25) is 0 Å². The first kappa shape index (κ1) is 14.7. The number of aromatic hydroxyl groups is 1. The molecule has 2 rings (SSSR count). The van der Waals surface area contributed by atoms with Crippen molar-refractivity contribution in [2.24, 2.45) is 0 Å². The van der Waals surface area contributed by atoms with Crippen molar-refractivity contribution in [1.82, 2.24) is 0 Å². The van der Waals surface area contributed by atoms with Gasteiger partial charge in [0.2, 0.25) is 0 Å². The maximum Gasteiger partial charge on any atom is 0.350 e. The summed E-state index contributed by atoms with van der Waals surface area (Å²) in [5.41, 5.74) is 0.489. The van der Waals surface area contributed by atoms with E-state index in [0.29, 0.717) is 5.56 Å². The number of cyclic esters (lactones) is 2. The zero-order valence-electron chi connectivity index (χ0n) is 11.9. The molecule has 5 nitrogen and oxygen atoms in total. The predicted octanol–water partition coefficient (Wildman–Crippen LogP) is 2.01. The second-order valence-electron chi connectivity index (χ2n) is 4.85. The SMILES string of the molecule is CC#CC(=C1C(=O)OC(C)(C)OC1=O)c1ccc(O)cc1. The molecule has 1 heterocycles. The zero-order chi connectivity index (χ0) is 15.6. The highest BCUT2D eigenvalue weighted by molar-refractivity contribution is 6.22. The second-order valence-corrected chi connectivity index (χ2v) is 4.85. The Morgan fingerprint density at radius 1 is 1.10 bits per heavy atom. The summed E-state index contributed by atoms with van der Waals surface area (Å²) in [7, 11) is 0. The van der Waals surface area contributed by atoms with Crippen LogP contribution < -0.4 is 0 Å². The van der Waals surface area contributed by atoms with Crippen molar-refractivity contribution in [1.29, 1.82) is 0 Å². The van der Waals surface area contributed by atoms with Crippen LogP contribution in [0.4, 0.5) is 0 Å². The molecule has 0 radical (unpaired) electrons. The number of ether oxygens (including phenoxy) is 2. The fraction of sp³-hybridized carbons (Fsp3) is 0.250. The molecule has 108 valence electrons. The van der Waals surface area contributed by atoms with Gasteiger partial charge in [-0.15, -0.1) is 5.92 Å². The minimum atomic E-state index is -1.29. The molecule has 5 heteroatoms. The average molecular weight is 286 g/mol. The van der Waals surface area contributed by atoms with Gasteiger partial charge in [-0.1, -0.05) is 18.1 Å². The molecule has 0 aliphatic carbocycles. The topological polar surface area (TPSA) is 72.8 Å². The van der Waals surface area contributed by atoms with E-state index in [1.807, 2.05) is 0 Å². The van der Waals surface area contributed by atoms with Gasteiger partial charge in [-0.3, -0.25) is 0 Å². The van der Waals surface area contributed by atoms with Gasteiger partial charge >= 0.3 is 11.9 Å². The van der Waals surface area contributed by atoms with Gasteiger partial charge in [0.05, 0.1) is 5.57 Å². The lowest BCUT2D eigenvalue weighted by Gasteiger charge is -2.30. The molecule has 1 aliphatic heterocycles. The molecule has 0 bridgehead atoms. The summed E-state index contributed by atoms with van der Waals surface area (Å²) in [6.45, 7) is 4.54. The zero-order valence-corrected chi connectivity index (χ0v) is 11.9. The monoisotopic (exact) mass is 286 g/mol. The molecule has 1 aromatic carbocycles. The Bertz CT molecular complexity index is 662. The van der Waals surface area contributed by atoms with E-state index >= 15 is 0 Å². The van der Waals surface area contributed by atoms with Crippen LogP contribution in [0.15, 0.2) is 29.8 Å². The lowest BCUT2D eigenvalue weighted by molar-refractivity contribution is -0.222. The van der Waals surface area contributed by atoms with E-state index < -0.39 is 17.7 Å². The molecule has 1 N–H and O–H groups in total. The van der Waals surface area contributed by atoms with E-state index in [1.165, 1.54) is 26.0 Å². The Hall–Kier alpha value is -2.74. The number of hydrogen-bond acceptors (Lipinski definition) is 5. The molecule has 1 aromatic rings. The van der Waals surface area contributed by atoms with Crippen LogP contribution in [0.5, 0.6) is 5.75 Å². The molecule has 1 saturated heterocycles. The molecule has 1 aliphatic rings. The van der Waals surface area contributed by atoms with E-state index in [0.717, 1.165) is 0 Å². The summed E-state index contributed by atoms with van der Waals surface area (Å²) in [6, 6.07) is 6.00. The molecule has 0 atom stereocenters. The molecule has 1 fully saturated rings. The third-order valence-electron chi connectivity index (χ3n) is 2.74. The quantitative estimate of drug-likeness (QED) is 0.370. The van der Waals surface area contributed by atoms with Crippen molar-refractivity contribution in [3.05, 3.63) is 35.4 Å². The first-order valence-corrected chi connectivity index (χ1v) is 6.27. The lowest BCUT2D eigenvalue weighted by Crippen LogP contribution is -2.42.